The van der Waals surface area contributed by atoms with Crippen molar-refractivity contribution in [2.45, 2.75) is 38.8 Å². The summed E-state index contributed by atoms with van der Waals surface area (Å²) in [6.45, 7) is 3.86. The highest BCUT2D eigenvalue weighted by atomic mass is 32.2. The summed E-state index contributed by atoms with van der Waals surface area (Å²) in [4.78, 5) is 39.8. The van der Waals surface area contributed by atoms with Crippen LogP contribution in [0, 0.1) is 16.0 Å². The minimum atomic E-state index is -0.826. The first-order chi connectivity index (χ1) is 14.7. The first kappa shape index (κ1) is 24.4. The van der Waals surface area contributed by atoms with Crippen molar-refractivity contribution in [2.75, 3.05) is 17.3 Å². The van der Waals surface area contributed by atoms with Gasteiger partial charge in [0.05, 0.1) is 11.0 Å². The van der Waals surface area contributed by atoms with Gasteiger partial charge in [0.25, 0.3) is 11.6 Å². The van der Waals surface area contributed by atoms with Gasteiger partial charge >= 0.3 is 0 Å². The number of aromatic nitrogens is 1. The number of benzene rings is 1. The first-order valence-electron chi connectivity index (χ1n) is 9.77. The molecule has 0 aliphatic heterocycles. The van der Waals surface area contributed by atoms with E-state index in [0.29, 0.717) is 18.5 Å². The number of nitrogens with zero attached hydrogens (tertiary/aromatic N) is 2. The monoisotopic (exact) mass is 449 g/mol. The number of nitrogens with one attached hydrogen (secondary N) is 2. The molecule has 0 radical (unpaired) electrons. The third kappa shape index (κ3) is 7.37. The number of amides is 2. The average Bonchev–Trinajstić information content (AvgIpc) is 3.22. The molecule has 1 aromatic heterocycles. The van der Waals surface area contributed by atoms with E-state index in [1.165, 1.54) is 30.5 Å². The molecular formula is C20H27N5O5S. The van der Waals surface area contributed by atoms with E-state index in [9.17, 15) is 19.7 Å². The van der Waals surface area contributed by atoms with Gasteiger partial charge in [-0.1, -0.05) is 13.8 Å². The summed E-state index contributed by atoms with van der Waals surface area (Å²) in [5.41, 5.74) is 6.38. The van der Waals surface area contributed by atoms with E-state index >= 15 is 0 Å². The third-order valence-electron chi connectivity index (χ3n) is 4.38. The maximum absolute atomic E-state index is 12.7. The van der Waals surface area contributed by atoms with Gasteiger partial charge in [-0.05, 0) is 42.9 Å². The Labute approximate surface area is 184 Å². The number of oxazole rings is 1. The highest BCUT2D eigenvalue weighted by Gasteiger charge is 2.25. The van der Waals surface area contributed by atoms with Crippen molar-refractivity contribution in [3.63, 3.8) is 0 Å². The van der Waals surface area contributed by atoms with Crippen LogP contribution in [0.3, 0.4) is 0 Å². The van der Waals surface area contributed by atoms with Crippen LogP contribution in [0.1, 0.15) is 49.1 Å². The second-order valence-electron chi connectivity index (χ2n) is 7.41. The third-order valence-corrected chi connectivity index (χ3v) is 5.02. The van der Waals surface area contributed by atoms with Gasteiger partial charge in [0.1, 0.15) is 12.3 Å². The smallest absolute Gasteiger partial charge is 0.273 e. The first-order valence-corrected chi connectivity index (χ1v) is 11.2. The van der Waals surface area contributed by atoms with E-state index in [4.69, 9.17) is 10.2 Å². The van der Waals surface area contributed by atoms with Crippen LogP contribution in [0.15, 0.2) is 34.9 Å². The van der Waals surface area contributed by atoms with Gasteiger partial charge in [-0.15, -0.1) is 0 Å². The number of carbonyl (C=O) groups is 2. The summed E-state index contributed by atoms with van der Waals surface area (Å²) < 4.78 is 5.33. The zero-order valence-electron chi connectivity index (χ0n) is 17.7. The van der Waals surface area contributed by atoms with Crippen molar-refractivity contribution in [3.8, 4) is 0 Å². The largest absolute Gasteiger partial charge is 0.446 e. The lowest BCUT2D eigenvalue weighted by molar-refractivity contribution is -0.384. The predicted molar refractivity (Wildman–Crippen MR) is 119 cm³/mol. The summed E-state index contributed by atoms with van der Waals surface area (Å²) >= 11 is 1.65. The zero-order chi connectivity index (χ0) is 23.0. The van der Waals surface area contributed by atoms with Crippen LogP contribution in [0.2, 0.25) is 0 Å². The maximum atomic E-state index is 12.7. The van der Waals surface area contributed by atoms with Crippen molar-refractivity contribution in [1.29, 1.82) is 0 Å². The zero-order valence-corrected chi connectivity index (χ0v) is 18.5. The molecule has 4 N–H and O–H groups in total. The summed E-state index contributed by atoms with van der Waals surface area (Å²) in [6.07, 6.45) is 4.25. The average molecular weight is 450 g/mol. The fourth-order valence-corrected chi connectivity index (χ4v) is 3.25. The van der Waals surface area contributed by atoms with Gasteiger partial charge in [0, 0.05) is 17.8 Å². The number of nitro benzene ring substituents is 1. The topological polar surface area (TPSA) is 153 Å². The summed E-state index contributed by atoms with van der Waals surface area (Å²) in [5.74, 6) is 0.258. The fourth-order valence-electron chi connectivity index (χ4n) is 2.76. The van der Waals surface area contributed by atoms with Crippen LogP contribution in [0.4, 0.5) is 11.4 Å². The molecule has 2 unspecified atom stereocenters. The highest BCUT2D eigenvalue weighted by Crippen LogP contribution is 2.18. The Morgan fingerprint density at radius 3 is 2.55 bits per heavy atom. The van der Waals surface area contributed by atoms with Crippen LogP contribution in [0.5, 0.6) is 0 Å². The molecule has 0 saturated heterocycles. The molecule has 0 fully saturated rings. The number of anilines is 1. The molecule has 2 aromatic rings. The predicted octanol–water partition coefficient (Wildman–Crippen LogP) is 3.12. The number of non-ortho nitro benzene ring substituents is 1. The van der Waals surface area contributed by atoms with Crippen LogP contribution in [-0.2, 0) is 4.79 Å². The van der Waals surface area contributed by atoms with Gasteiger partial charge in [0.2, 0.25) is 11.8 Å². The Hall–Kier alpha value is -2.92. The van der Waals surface area contributed by atoms with Gasteiger partial charge in [-0.25, -0.2) is 4.98 Å². The van der Waals surface area contributed by atoms with Gasteiger partial charge < -0.3 is 20.8 Å². The summed E-state index contributed by atoms with van der Waals surface area (Å²) in [7, 11) is 0. The van der Waals surface area contributed by atoms with E-state index in [1.54, 1.807) is 11.8 Å². The molecule has 2 rings (SSSR count). The summed E-state index contributed by atoms with van der Waals surface area (Å²) in [6, 6.07) is 4.22. The van der Waals surface area contributed by atoms with Crippen molar-refractivity contribution in [1.82, 2.24) is 10.3 Å². The van der Waals surface area contributed by atoms with Crippen LogP contribution in [-0.4, -0.2) is 39.8 Å². The second kappa shape index (κ2) is 11.5. The normalized spacial score (nSPS) is 12.9. The Kier molecular flexibility index (Phi) is 9.01. The number of nitro groups is 1. The van der Waals surface area contributed by atoms with Gasteiger partial charge in [-0.3, -0.25) is 19.7 Å². The van der Waals surface area contributed by atoms with Crippen molar-refractivity contribution in [3.05, 3.63) is 52.2 Å². The molecule has 2 amide bonds. The standard InChI is InChI=1S/C20H27N5O5S/c1-12(2)10-16(18(26)22-13-4-6-14(7-5-13)25(28)29)23-19(27)17-11-30-20(24-17)15(21)8-9-31-3/h4-7,11-12,15-16H,8-10,21H2,1-3H3,(H,22,26)(H,23,27). The van der Waals surface area contributed by atoms with E-state index in [0.717, 1.165) is 5.75 Å². The fraction of sp³-hybridized carbons (Fsp3) is 0.450. The number of hydrogen-bond acceptors (Lipinski definition) is 8. The number of thioether (sulfide) groups is 1. The van der Waals surface area contributed by atoms with E-state index in [2.05, 4.69) is 15.6 Å². The molecule has 0 aliphatic carbocycles. The maximum Gasteiger partial charge on any atom is 0.273 e. The molecule has 31 heavy (non-hydrogen) atoms. The number of hydrogen-bond donors (Lipinski definition) is 3. The van der Waals surface area contributed by atoms with Crippen LogP contribution in [0.25, 0.3) is 0 Å². The van der Waals surface area contributed by atoms with Crippen molar-refractivity contribution >= 4 is 35.0 Å². The van der Waals surface area contributed by atoms with E-state index in [-0.39, 0.29) is 23.2 Å². The van der Waals surface area contributed by atoms with E-state index in [1.807, 2.05) is 20.1 Å². The molecular weight excluding hydrogens is 422 g/mol. The van der Waals surface area contributed by atoms with Crippen LogP contribution < -0.4 is 16.4 Å². The van der Waals surface area contributed by atoms with Crippen LogP contribution >= 0.6 is 11.8 Å². The second-order valence-corrected chi connectivity index (χ2v) is 8.39. The minimum absolute atomic E-state index is 0.0477. The molecule has 1 heterocycles. The highest BCUT2D eigenvalue weighted by molar-refractivity contribution is 7.98. The molecule has 2 atom stereocenters. The Balaban J connectivity index is 2.06. The Morgan fingerprint density at radius 2 is 1.97 bits per heavy atom. The molecule has 168 valence electrons. The van der Waals surface area contributed by atoms with Gasteiger partial charge in [0.15, 0.2) is 5.69 Å². The Morgan fingerprint density at radius 1 is 1.29 bits per heavy atom. The lowest BCUT2D eigenvalue weighted by Crippen LogP contribution is -2.44. The number of nitrogens with two attached hydrogens (primary N) is 1. The van der Waals surface area contributed by atoms with E-state index < -0.39 is 28.8 Å². The molecule has 10 nitrogen and oxygen atoms in total. The SMILES string of the molecule is CSCCC(N)c1nc(C(=O)NC(CC(C)C)C(=O)Nc2ccc([N+](=O)[O-])cc2)co1. The Bertz CT molecular complexity index is 900. The van der Waals surface area contributed by atoms with Gasteiger partial charge in [-0.2, -0.15) is 11.8 Å². The lowest BCUT2D eigenvalue weighted by atomic mass is 10.0. The molecule has 0 spiro atoms. The molecule has 0 saturated carbocycles. The lowest BCUT2D eigenvalue weighted by Gasteiger charge is -2.19. The molecule has 0 aliphatic rings. The quantitative estimate of drug-likeness (QED) is 0.349. The summed E-state index contributed by atoms with van der Waals surface area (Å²) in [5, 5.41) is 16.1. The molecule has 1 aromatic carbocycles. The minimum Gasteiger partial charge on any atom is -0.446 e. The number of carbonyl (C=O) groups excluding carboxylic acids is 2. The van der Waals surface area contributed by atoms with Crippen molar-refractivity contribution in [2.24, 2.45) is 11.7 Å². The molecule has 11 heteroatoms. The molecule has 0 bridgehead atoms. The number of rotatable bonds is 11. The van der Waals surface area contributed by atoms with Crippen molar-refractivity contribution < 1.29 is 18.9 Å².